The minimum absolute atomic E-state index is 0.0110. The lowest BCUT2D eigenvalue weighted by Gasteiger charge is -2.28. The number of esters is 1. The van der Waals surface area contributed by atoms with Gasteiger partial charge < -0.3 is 14.2 Å². The fourth-order valence-electron chi connectivity index (χ4n) is 2.34. The molecule has 2 atom stereocenters. The van der Waals surface area contributed by atoms with Gasteiger partial charge in [-0.2, -0.15) is 0 Å². The highest BCUT2D eigenvalue weighted by molar-refractivity contribution is 5.92. The normalized spacial score (nSPS) is 22.5. The number of nitrogens with one attached hydrogen (secondary N) is 1. The Kier molecular flexibility index (Phi) is 6.75. The van der Waals surface area contributed by atoms with Gasteiger partial charge in [-0.05, 0) is 33.3 Å². The molecule has 7 nitrogen and oxygen atoms in total. The molecule has 0 aromatic carbocycles. The van der Waals surface area contributed by atoms with Gasteiger partial charge in [0.05, 0.1) is 13.2 Å². The summed E-state index contributed by atoms with van der Waals surface area (Å²) in [7, 11) is 2.74. The Hall–Kier alpha value is -1.89. The first kappa shape index (κ1) is 19.2. The smallest absolute Gasteiger partial charge is 0.412 e. The van der Waals surface area contributed by atoms with Gasteiger partial charge in [-0.1, -0.05) is 0 Å². The van der Waals surface area contributed by atoms with Gasteiger partial charge in [0.15, 0.2) is 0 Å². The highest BCUT2D eigenvalue weighted by atomic mass is 16.6. The minimum Gasteiger partial charge on any atom is -0.464 e. The highest BCUT2D eigenvalue weighted by Gasteiger charge is 2.30. The van der Waals surface area contributed by atoms with E-state index in [4.69, 9.17) is 9.47 Å². The van der Waals surface area contributed by atoms with Crippen LogP contribution >= 0.6 is 0 Å². The molecule has 0 spiro atoms. The molecule has 0 saturated heterocycles. The Bertz CT molecular complexity index is 491. The van der Waals surface area contributed by atoms with E-state index in [1.807, 2.05) is 0 Å². The first-order chi connectivity index (χ1) is 10.7. The predicted octanol–water partition coefficient (Wildman–Crippen LogP) is 1.95. The third kappa shape index (κ3) is 6.40. The van der Waals surface area contributed by atoms with E-state index in [-0.39, 0.29) is 23.5 Å². The second-order valence-corrected chi connectivity index (χ2v) is 6.42. The van der Waals surface area contributed by atoms with Crippen LogP contribution in [0.1, 0.15) is 40.0 Å². The average molecular weight is 327 g/mol. The molecule has 1 aliphatic carbocycles. The molecular formula is C16H25NO6. The topological polar surface area (TPSA) is 90.9 Å². The molecule has 0 aromatic rings. The van der Waals surface area contributed by atoms with Crippen LogP contribution in [-0.2, 0) is 23.8 Å². The van der Waals surface area contributed by atoms with Crippen molar-refractivity contribution in [2.45, 2.75) is 51.7 Å². The van der Waals surface area contributed by atoms with Crippen LogP contribution in [0.25, 0.3) is 0 Å². The molecule has 2 unspecified atom stereocenters. The number of Topliss-reactive ketones (excluding diaryl/α,β-unsaturated/α-hetero) is 1. The van der Waals surface area contributed by atoms with E-state index in [9.17, 15) is 14.4 Å². The number of carbonyl (C=O) groups is 3. The number of ketones is 1. The molecule has 0 aromatic heterocycles. The Morgan fingerprint density at radius 3 is 2.43 bits per heavy atom. The third-order valence-electron chi connectivity index (χ3n) is 3.39. The number of hydrogen-bond donors (Lipinski definition) is 1. The van der Waals surface area contributed by atoms with Crippen LogP contribution in [0.5, 0.6) is 0 Å². The molecule has 1 rings (SSSR count). The summed E-state index contributed by atoms with van der Waals surface area (Å²) in [5.41, 5.74) is -0.694. The third-order valence-corrected chi connectivity index (χ3v) is 3.39. The molecule has 0 radical (unpaired) electrons. The van der Waals surface area contributed by atoms with Crippen molar-refractivity contribution in [1.29, 1.82) is 0 Å². The summed E-state index contributed by atoms with van der Waals surface area (Å²) in [5, 5.41) is 2.41. The van der Waals surface area contributed by atoms with E-state index in [0.29, 0.717) is 19.3 Å². The summed E-state index contributed by atoms with van der Waals surface area (Å²) in [6.45, 7) is 5.17. The molecule has 0 heterocycles. The second kappa shape index (κ2) is 8.10. The van der Waals surface area contributed by atoms with Crippen molar-refractivity contribution in [3.8, 4) is 0 Å². The van der Waals surface area contributed by atoms with Crippen molar-refractivity contribution in [2.75, 3.05) is 14.2 Å². The lowest BCUT2D eigenvalue weighted by Crippen LogP contribution is -2.36. The molecule has 0 bridgehead atoms. The summed E-state index contributed by atoms with van der Waals surface area (Å²) < 4.78 is 15.1. The summed E-state index contributed by atoms with van der Waals surface area (Å²) in [5.74, 6) is -0.717. The highest BCUT2D eigenvalue weighted by Crippen LogP contribution is 2.26. The largest absolute Gasteiger partial charge is 0.464 e. The Balaban J connectivity index is 2.90. The molecular weight excluding hydrogens is 302 g/mol. The number of amides is 1. The van der Waals surface area contributed by atoms with Crippen molar-refractivity contribution < 1.29 is 28.6 Å². The van der Waals surface area contributed by atoms with Crippen molar-refractivity contribution in [3.63, 3.8) is 0 Å². The van der Waals surface area contributed by atoms with E-state index in [1.165, 1.54) is 14.2 Å². The number of carbonyl (C=O) groups excluding carboxylic acids is 3. The Morgan fingerprint density at radius 2 is 1.91 bits per heavy atom. The number of rotatable bonds is 4. The standard InChI is InChI=1S/C16H25NO6/c1-16(2,3)23-15(20)17-12(14(19)22-5)8-10-6-7-11(18)9-13(10)21-4/h8,10,13H,6-7,9H2,1-5H3,(H,17,20)/b12-8-. The van der Waals surface area contributed by atoms with Gasteiger partial charge in [0.1, 0.15) is 17.1 Å². The van der Waals surface area contributed by atoms with E-state index in [0.717, 1.165) is 0 Å². The maximum Gasteiger partial charge on any atom is 0.412 e. The average Bonchev–Trinajstić information content (AvgIpc) is 2.45. The zero-order chi connectivity index (χ0) is 17.6. The molecule has 23 heavy (non-hydrogen) atoms. The lowest BCUT2D eigenvalue weighted by atomic mass is 9.85. The van der Waals surface area contributed by atoms with Crippen LogP contribution < -0.4 is 5.32 Å². The van der Waals surface area contributed by atoms with Gasteiger partial charge in [0.25, 0.3) is 0 Å². The van der Waals surface area contributed by atoms with Crippen LogP contribution in [0, 0.1) is 5.92 Å². The zero-order valence-corrected chi connectivity index (χ0v) is 14.3. The van der Waals surface area contributed by atoms with Crippen molar-refractivity contribution in [2.24, 2.45) is 5.92 Å². The van der Waals surface area contributed by atoms with Gasteiger partial charge in [0, 0.05) is 25.9 Å². The van der Waals surface area contributed by atoms with Crippen LogP contribution in [0.15, 0.2) is 11.8 Å². The van der Waals surface area contributed by atoms with Crippen LogP contribution in [0.3, 0.4) is 0 Å². The molecule has 1 amide bonds. The maximum atomic E-state index is 11.9. The summed E-state index contributed by atoms with van der Waals surface area (Å²) in [4.78, 5) is 35.3. The number of ether oxygens (including phenoxy) is 3. The maximum absolute atomic E-state index is 11.9. The first-order valence-electron chi connectivity index (χ1n) is 7.51. The van der Waals surface area contributed by atoms with Gasteiger partial charge in [-0.25, -0.2) is 9.59 Å². The Morgan fingerprint density at radius 1 is 1.26 bits per heavy atom. The number of methoxy groups -OCH3 is 2. The van der Waals surface area contributed by atoms with Gasteiger partial charge in [-0.15, -0.1) is 0 Å². The lowest BCUT2D eigenvalue weighted by molar-refractivity contribution is -0.136. The van der Waals surface area contributed by atoms with Crippen molar-refractivity contribution in [1.82, 2.24) is 5.32 Å². The minimum atomic E-state index is -0.741. The van der Waals surface area contributed by atoms with Crippen molar-refractivity contribution in [3.05, 3.63) is 11.8 Å². The zero-order valence-electron chi connectivity index (χ0n) is 14.3. The van der Waals surface area contributed by atoms with Crippen molar-refractivity contribution >= 4 is 17.8 Å². The SMILES string of the molecule is COC(=O)/C(=C/C1CCC(=O)CC1OC)NC(=O)OC(C)(C)C. The fourth-order valence-corrected chi connectivity index (χ4v) is 2.34. The van der Waals surface area contributed by atoms with E-state index in [1.54, 1.807) is 26.8 Å². The summed E-state index contributed by atoms with van der Waals surface area (Å²) in [6.07, 6.45) is 1.77. The number of alkyl carbamates (subject to hydrolysis) is 1. The summed E-state index contributed by atoms with van der Waals surface area (Å²) >= 11 is 0. The van der Waals surface area contributed by atoms with E-state index in [2.05, 4.69) is 10.1 Å². The fraction of sp³-hybridized carbons (Fsp3) is 0.688. The quantitative estimate of drug-likeness (QED) is 0.627. The molecule has 130 valence electrons. The first-order valence-corrected chi connectivity index (χ1v) is 7.51. The van der Waals surface area contributed by atoms with Crippen LogP contribution in [0.2, 0.25) is 0 Å². The molecule has 1 fully saturated rings. The number of hydrogen-bond acceptors (Lipinski definition) is 6. The summed E-state index contributed by atoms with van der Waals surface area (Å²) in [6, 6.07) is 0. The molecule has 1 N–H and O–H groups in total. The molecule has 7 heteroatoms. The van der Waals surface area contributed by atoms with Gasteiger partial charge in [-0.3, -0.25) is 10.1 Å². The van der Waals surface area contributed by atoms with E-state index >= 15 is 0 Å². The molecule has 1 saturated carbocycles. The van der Waals surface area contributed by atoms with Gasteiger partial charge in [0.2, 0.25) is 0 Å². The van der Waals surface area contributed by atoms with Crippen LogP contribution in [-0.4, -0.2) is 43.8 Å². The molecule has 1 aliphatic rings. The monoisotopic (exact) mass is 327 g/mol. The second-order valence-electron chi connectivity index (χ2n) is 6.42. The molecule has 0 aliphatic heterocycles. The van der Waals surface area contributed by atoms with Gasteiger partial charge >= 0.3 is 12.1 Å². The Labute approximate surface area is 136 Å². The van der Waals surface area contributed by atoms with Crippen LogP contribution in [0.4, 0.5) is 4.79 Å². The predicted molar refractivity (Wildman–Crippen MR) is 82.6 cm³/mol. The van der Waals surface area contributed by atoms with E-state index < -0.39 is 17.7 Å².